The lowest BCUT2D eigenvalue weighted by molar-refractivity contribution is 1.33. The Hall–Kier alpha value is -2.41. The lowest BCUT2D eigenvalue weighted by atomic mass is 10.1. The summed E-state index contributed by atoms with van der Waals surface area (Å²) < 4.78 is 0. The van der Waals surface area contributed by atoms with Crippen LogP contribution in [0.4, 0.5) is 0 Å². The molecule has 0 saturated heterocycles. The normalized spacial score (nSPS) is 9.11. The topological polar surface area (TPSA) is 12.9 Å². The standard InChI is InChI=1S/C11H9N.C6H6/c1-2-6-10(7-3-1)11-8-4-5-9-12-11;1-2-4-6-5-3-1/h1-9H;1-6H. The highest BCUT2D eigenvalue weighted by molar-refractivity contribution is 5.58. The highest BCUT2D eigenvalue weighted by Gasteiger charge is 1.93. The van der Waals surface area contributed by atoms with Gasteiger partial charge in [-0.15, -0.1) is 0 Å². The largest absolute Gasteiger partial charge is 0.256 e. The van der Waals surface area contributed by atoms with Crippen molar-refractivity contribution < 1.29 is 0 Å². The van der Waals surface area contributed by atoms with Gasteiger partial charge in [0.2, 0.25) is 0 Å². The molecule has 3 rings (SSSR count). The Morgan fingerprint density at radius 2 is 1.00 bits per heavy atom. The van der Waals surface area contributed by atoms with E-state index in [1.54, 1.807) is 0 Å². The van der Waals surface area contributed by atoms with E-state index in [1.807, 2.05) is 79.0 Å². The minimum atomic E-state index is 1.03. The van der Waals surface area contributed by atoms with Gasteiger partial charge in [0.15, 0.2) is 0 Å². The van der Waals surface area contributed by atoms with E-state index >= 15 is 0 Å². The molecule has 0 bridgehead atoms. The molecule has 88 valence electrons. The lowest BCUT2D eigenvalue weighted by Crippen LogP contribution is -1.79. The van der Waals surface area contributed by atoms with Crippen LogP contribution in [-0.2, 0) is 0 Å². The average molecular weight is 233 g/mol. The number of hydrogen-bond donors (Lipinski definition) is 0. The Morgan fingerprint density at radius 3 is 1.50 bits per heavy atom. The molecule has 0 aliphatic rings. The van der Waals surface area contributed by atoms with E-state index in [-0.39, 0.29) is 0 Å². The minimum Gasteiger partial charge on any atom is -0.256 e. The van der Waals surface area contributed by atoms with Gasteiger partial charge >= 0.3 is 0 Å². The third-order valence-electron chi connectivity index (χ3n) is 2.40. The van der Waals surface area contributed by atoms with Crippen molar-refractivity contribution in [1.29, 1.82) is 0 Å². The van der Waals surface area contributed by atoms with Gasteiger partial charge in [-0.25, -0.2) is 0 Å². The van der Waals surface area contributed by atoms with Gasteiger partial charge in [-0.05, 0) is 12.1 Å². The van der Waals surface area contributed by atoms with Crippen LogP contribution < -0.4 is 0 Å². The minimum absolute atomic E-state index is 1.03. The van der Waals surface area contributed by atoms with Crippen LogP contribution in [0.3, 0.4) is 0 Å². The van der Waals surface area contributed by atoms with Crippen LogP contribution in [0.25, 0.3) is 11.3 Å². The summed E-state index contributed by atoms with van der Waals surface area (Å²) in [6, 6.07) is 28.1. The van der Waals surface area contributed by atoms with Crippen molar-refractivity contribution in [3.05, 3.63) is 91.1 Å². The molecule has 2 aromatic carbocycles. The molecule has 1 nitrogen and oxygen atoms in total. The fourth-order valence-corrected chi connectivity index (χ4v) is 1.53. The molecule has 0 aliphatic heterocycles. The van der Waals surface area contributed by atoms with Crippen molar-refractivity contribution in [1.82, 2.24) is 4.98 Å². The van der Waals surface area contributed by atoms with E-state index in [2.05, 4.69) is 17.1 Å². The molecule has 0 fully saturated rings. The maximum atomic E-state index is 4.25. The predicted molar refractivity (Wildman–Crippen MR) is 76.1 cm³/mol. The van der Waals surface area contributed by atoms with E-state index in [4.69, 9.17) is 0 Å². The van der Waals surface area contributed by atoms with Gasteiger partial charge in [0.1, 0.15) is 0 Å². The van der Waals surface area contributed by atoms with Crippen molar-refractivity contribution in [2.75, 3.05) is 0 Å². The number of aromatic nitrogens is 1. The van der Waals surface area contributed by atoms with Crippen molar-refractivity contribution in [2.24, 2.45) is 0 Å². The van der Waals surface area contributed by atoms with Gasteiger partial charge in [-0.1, -0.05) is 72.8 Å². The van der Waals surface area contributed by atoms with E-state index in [0.29, 0.717) is 0 Å². The predicted octanol–water partition coefficient (Wildman–Crippen LogP) is 4.44. The first-order valence-corrected chi connectivity index (χ1v) is 5.93. The molecule has 0 aliphatic carbocycles. The van der Waals surface area contributed by atoms with E-state index < -0.39 is 0 Å². The summed E-state index contributed by atoms with van der Waals surface area (Å²) in [5.41, 5.74) is 2.19. The van der Waals surface area contributed by atoms with Gasteiger partial charge < -0.3 is 0 Å². The summed E-state index contributed by atoms with van der Waals surface area (Å²) in [7, 11) is 0. The van der Waals surface area contributed by atoms with Crippen molar-refractivity contribution in [3.63, 3.8) is 0 Å². The summed E-state index contributed by atoms with van der Waals surface area (Å²) in [5.74, 6) is 0. The Labute approximate surface area is 108 Å². The Bertz CT molecular complexity index is 468. The summed E-state index contributed by atoms with van der Waals surface area (Å²) in [6.07, 6.45) is 1.81. The first-order valence-electron chi connectivity index (χ1n) is 5.93. The van der Waals surface area contributed by atoms with Crippen molar-refractivity contribution >= 4 is 0 Å². The number of benzene rings is 2. The smallest absolute Gasteiger partial charge is 0.0701 e. The molecule has 0 spiro atoms. The fourth-order valence-electron chi connectivity index (χ4n) is 1.53. The second-order valence-electron chi connectivity index (χ2n) is 3.74. The number of hydrogen-bond acceptors (Lipinski definition) is 1. The van der Waals surface area contributed by atoms with Crippen LogP contribution in [-0.4, -0.2) is 4.98 Å². The third-order valence-corrected chi connectivity index (χ3v) is 2.40. The Kier molecular flexibility index (Phi) is 4.70. The molecule has 18 heavy (non-hydrogen) atoms. The first-order chi connectivity index (χ1) is 8.97. The number of pyridine rings is 1. The summed E-state index contributed by atoms with van der Waals surface area (Å²) >= 11 is 0. The maximum absolute atomic E-state index is 4.25. The zero-order chi connectivity index (χ0) is 12.5. The lowest BCUT2D eigenvalue weighted by Gasteiger charge is -1.97. The SMILES string of the molecule is c1ccc(-c2ccccn2)cc1.c1ccccc1. The zero-order valence-electron chi connectivity index (χ0n) is 10.1. The number of rotatable bonds is 1. The average Bonchev–Trinajstić information content (AvgIpc) is 2.51. The van der Waals surface area contributed by atoms with Crippen molar-refractivity contribution in [2.45, 2.75) is 0 Å². The van der Waals surface area contributed by atoms with Crippen LogP contribution in [0.1, 0.15) is 0 Å². The summed E-state index contributed by atoms with van der Waals surface area (Å²) in [4.78, 5) is 4.25. The fraction of sp³-hybridized carbons (Fsp3) is 0. The molecule has 0 saturated carbocycles. The van der Waals surface area contributed by atoms with E-state index in [0.717, 1.165) is 11.3 Å². The van der Waals surface area contributed by atoms with Crippen LogP contribution in [0.15, 0.2) is 91.1 Å². The van der Waals surface area contributed by atoms with Crippen LogP contribution in [0.5, 0.6) is 0 Å². The second-order valence-corrected chi connectivity index (χ2v) is 3.74. The van der Waals surface area contributed by atoms with Crippen LogP contribution in [0.2, 0.25) is 0 Å². The summed E-state index contributed by atoms with van der Waals surface area (Å²) in [6.45, 7) is 0. The van der Waals surface area contributed by atoms with Gasteiger partial charge in [0.25, 0.3) is 0 Å². The van der Waals surface area contributed by atoms with E-state index in [9.17, 15) is 0 Å². The summed E-state index contributed by atoms with van der Waals surface area (Å²) in [5, 5.41) is 0. The van der Waals surface area contributed by atoms with Gasteiger partial charge in [0, 0.05) is 11.8 Å². The maximum Gasteiger partial charge on any atom is 0.0701 e. The Morgan fingerprint density at radius 1 is 0.500 bits per heavy atom. The van der Waals surface area contributed by atoms with Gasteiger partial charge in [0.05, 0.1) is 5.69 Å². The van der Waals surface area contributed by atoms with Gasteiger partial charge in [-0.3, -0.25) is 4.98 Å². The first kappa shape index (κ1) is 12.1. The number of nitrogens with zero attached hydrogens (tertiary/aromatic N) is 1. The second kappa shape index (κ2) is 7.02. The quantitative estimate of drug-likeness (QED) is 0.605. The van der Waals surface area contributed by atoms with Crippen LogP contribution in [0, 0.1) is 0 Å². The molecule has 0 N–H and O–H groups in total. The monoisotopic (exact) mass is 233 g/mol. The molecular weight excluding hydrogens is 218 g/mol. The highest BCUT2D eigenvalue weighted by Crippen LogP contribution is 2.14. The van der Waals surface area contributed by atoms with Gasteiger partial charge in [-0.2, -0.15) is 0 Å². The third kappa shape index (κ3) is 3.87. The zero-order valence-corrected chi connectivity index (χ0v) is 10.1. The van der Waals surface area contributed by atoms with Crippen LogP contribution >= 0.6 is 0 Å². The van der Waals surface area contributed by atoms with E-state index in [1.165, 1.54) is 0 Å². The molecule has 0 atom stereocenters. The molecule has 0 amide bonds. The molecule has 1 heteroatoms. The van der Waals surface area contributed by atoms with Crippen molar-refractivity contribution in [3.8, 4) is 11.3 Å². The molecule has 0 radical (unpaired) electrons. The Balaban J connectivity index is 0.000000169. The highest BCUT2D eigenvalue weighted by atomic mass is 14.7. The molecule has 3 aromatic rings. The molecule has 1 aromatic heterocycles. The molecule has 0 unspecified atom stereocenters. The molecular formula is C17H15N. The molecule has 1 heterocycles.